The Labute approximate surface area is 203 Å². The topological polar surface area (TPSA) is 0 Å². The quantitative estimate of drug-likeness (QED) is 0.262. The molecule has 0 fully saturated rings. The predicted molar refractivity (Wildman–Crippen MR) is 147 cm³/mol. The highest BCUT2D eigenvalue weighted by atomic mass is 14.1. The van der Waals surface area contributed by atoms with E-state index in [9.17, 15) is 0 Å². The molecular formula is C34H30. The van der Waals surface area contributed by atoms with Crippen LogP contribution in [0.1, 0.15) is 22.3 Å². The fourth-order valence-corrected chi connectivity index (χ4v) is 4.79. The van der Waals surface area contributed by atoms with E-state index in [2.05, 4.69) is 137 Å². The number of rotatable bonds is 4. The van der Waals surface area contributed by atoms with Gasteiger partial charge in [-0.1, -0.05) is 115 Å². The van der Waals surface area contributed by atoms with Gasteiger partial charge in [-0.15, -0.1) is 0 Å². The van der Waals surface area contributed by atoms with Crippen LogP contribution in [0.25, 0.3) is 44.5 Å². The molecule has 0 aliphatic rings. The van der Waals surface area contributed by atoms with E-state index in [-0.39, 0.29) is 0 Å². The van der Waals surface area contributed by atoms with Crippen LogP contribution in [0, 0.1) is 27.7 Å². The standard InChI is InChI=1S/C34H30/c1-23-10-11-24(2)32(20-23)30-16-12-27(13-17-30)28-14-18-31(19-15-28)34-22-25(3)33(21-26(34)4)29-8-6-5-7-9-29/h5-22H,1-4H3. The van der Waals surface area contributed by atoms with Crippen LogP contribution < -0.4 is 0 Å². The van der Waals surface area contributed by atoms with Crippen LogP contribution in [-0.4, -0.2) is 0 Å². The maximum absolute atomic E-state index is 2.33. The lowest BCUT2D eigenvalue weighted by molar-refractivity contribution is 1.38. The van der Waals surface area contributed by atoms with Crippen LogP contribution in [0.15, 0.2) is 109 Å². The minimum absolute atomic E-state index is 1.24. The third kappa shape index (κ3) is 4.32. The van der Waals surface area contributed by atoms with Gasteiger partial charge in [0.05, 0.1) is 0 Å². The second-order valence-electron chi connectivity index (χ2n) is 9.32. The van der Waals surface area contributed by atoms with E-state index in [0.717, 1.165) is 0 Å². The first-order valence-electron chi connectivity index (χ1n) is 11.9. The summed E-state index contributed by atoms with van der Waals surface area (Å²) in [4.78, 5) is 0. The Hall–Kier alpha value is -3.90. The maximum atomic E-state index is 2.33. The van der Waals surface area contributed by atoms with Gasteiger partial charge in [0.1, 0.15) is 0 Å². The largest absolute Gasteiger partial charge is 0.0622 e. The second kappa shape index (κ2) is 9.15. The average molecular weight is 439 g/mol. The molecule has 0 N–H and O–H groups in total. The first-order valence-corrected chi connectivity index (χ1v) is 11.9. The molecule has 0 nitrogen and oxygen atoms in total. The molecule has 5 rings (SSSR count). The molecule has 0 amide bonds. The van der Waals surface area contributed by atoms with Crippen LogP contribution in [0.4, 0.5) is 0 Å². The Bertz CT molecular complexity index is 1440. The van der Waals surface area contributed by atoms with Gasteiger partial charge in [-0.3, -0.25) is 0 Å². The van der Waals surface area contributed by atoms with Gasteiger partial charge in [0.25, 0.3) is 0 Å². The first kappa shape index (κ1) is 21.9. The SMILES string of the molecule is Cc1ccc(C)c(-c2ccc(-c3ccc(-c4cc(C)c(-c5ccccc5)cc4C)cc3)cc2)c1. The molecule has 34 heavy (non-hydrogen) atoms. The van der Waals surface area contributed by atoms with Gasteiger partial charge in [-0.25, -0.2) is 0 Å². The molecule has 0 unspecified atom stereocenters. The number of benzene rings is 5. The molecule has 0 saturated carbocycles. The fraction of sp³-hybridized carbons (Fsp3) is 0.118. The zero-order valence-electron chi connectivity index (χ0n) is 20.4. The minimum atomic E-state index is 1.24. The monoisotopic (exact) mass is 438 g/mol. The molecule has 5 aromatic rings. The van der Waals surface area contributed by atoms with E-state index in [1.807, 2.05) is 0 Å². The van der Waals surface area contributed by atoms with Gasteiger partial charge in [0.2, 0.25) is 0 Å². The Kier molecular flexibility index (Phi) is 5.90. The Morgan fingerprint density at radius 2 is 0.735 bits per heavy atom. The van der Waals surface area contributed by atoms with Crippen molar-refractivity contribution in [2.45, 2.75) is 27.7 Å². The molecule has 166 valence electrons. The van der Waals surface area contributed by atoms with Gasteiger partial charge in [-0.05, 0) is 88.9 Å². The van der Waals surface area contributed by atoms with Crippen molar-refractivity contribution in [1.29, 1.82) is 0 Å². The van der Waals surface area contributed by atoms with Gasteiger partial charge in [0.15, 0.2) is 0 Å². The van der Waals surface area contributed by atoms with E-state index in [0.29, 0.717) is 0 Å². The van der Waals surface area contributed by atoms with Crippen molar-refractivity contribution in [3.05, 3.63) is 131 Å². The molecule has 0 atom stereocenters. The lowest BCUT2D eigenvalue weighted by Gasteiger charge is -2.14. The summed E-state index contributed by atoms with van der Waals surface area (Å²) in [5.74, 6) is 0. The summed E-state index contributed by atoms with van der Waals surface area (Å²) >= 11 is 0. The molecular weight excluding hydrogens is 408 g/mol. The summed E-state index contributed by atoms with van der Waals surface area (Å²) in [7, 11) is 0. The van der Waals surface area contributed by atoms with Crippen molar-refractivity contribution in [2.75, 3.05) is 0 Å². The highest BCUT2D eigenvalue weighted by Crippen LogP contribution is 2.33. The lowest BCUT2D eigenvalue weighted by Crippen LogP contribution is -1.90. The van der Waals surface area contributed by atoms with Crippen LogP contribution in [0.5, 0.6) is 0 Å². The Morgan fingerprint density at radius 1 is 0.324 bits per heavy atom. The Morgan fingerprint density at radius 3 is 1.24 bits per heavy atom. The lowest BCUT2D eigenvalue weighted by atomic mass is 9.91. The van der Waals surface area contributed by atoms with Crippen molar-refractivity contribution < 1.29 is 0 Å². The number of hydrogen-bond donors (Lipinski definition) is 0. The summed E-state index contributed by atoms with van der Waals surface area (Å²) in [6.45, 7) is 8.74. The van der Waals surface area contributed by atoms with Crippen molar-refractivity contribution in [1.82, 2.24) is 0 Å². The van der Waals surface area contributed by atoms with E-state index >= 15 is 0 Å². The van der Waals surface area contributed by atoms with Crippen LogP contribution in [0.2, 0.25) is 0 Å². The zero-order valence-corrected chi connectivity index (χ0v) is 20.4. The van der Waals surface area contributed by atoms with Crippen LogP contribution in [-0.2, 0) is 0 Å². The molecule has 0 bridgehead atoms. The summed E-state index contributed by atoms with van der Waals surface area (Å²) < 4.78 is 0. The first-order chi connectivity index (χ1) is 16.5. The predicted octanol–water partition coefficient (Wildman–Crippen LogP) is 9.59. The molecule has 0 heterocycles. The molecule has 0 aliphatic heterocycles. The smallest absolute Gasteiger partial charge is 0.0152 e. The second-order valence-corrected chi connectivity index (χ2v) is 9.32. The highest BCUT2D eigenvalue weighted by molar-refractivity contribution is 5.78. The highest BCUT2D eigenvalue weighted by Gasteiger charge is 2.09. The van der Waals surface area contributed by atoms with E-state index in [1.165, 1.54) is 66.8 Å². The van der Waals surface area contributed by atoms with Crippen LogP contribution in [0.3, 0.4) is 0 Å². The van der Waals surface area contributed by atoms with E-state index < -0.39 is 0 Å². The van der Waals surface area contributed by atoms with Crippen molar-refractivity contribution in [2.24, 2.45) is 0 Å². The summed E-state index contributed by atoms with van der Waals surface area (Å²) in [5.41, 5.74) is 15.4. The van der Waals surface area contributed by atoms with Gasteiger partial charge < -0.3 is 0 Å². The maximum Gasteiger partial charge on any atom is -0.0152 e. The fourth-order valence-electron chi connectivity index (χ4n) is 4.79. The molecule has 0 aliphatic carbocycles. The minimum Gasteiger partial charge on any atom is -0.0622 e. The Balaban J connectivity index is 1.42. The number of aryl methyl sites for hydroxylation is 4. The molecule has 0 heteroatoms. The molecule has 0 radical (unpaired) electrons. The van der Waals surface area contributed by atoms with Crippen molar-refractivity contribution in [3.8, 4) is 44.5 Å². The molecule has 0 saturated heterocycles. The van der Waals surface area contributed by atoms with Crippen molar-refractivity contribution >= 4 is 0 Å². The van der Waals surface area contributed by atoms with E-state index in [1.54, 1.807) is 0 Å². The van der Waals surface area contributed by atoms with Crippen molar-refractivity contribution in [3.63, 3.8) is 0 Å². The molecule has 0 spiro atoms. The van der Waals surface area contributed by atoms with Gasteiger partial charge in [0, 0.05) is 0 Å². The average Bonchev–Trinajstić information content (AvgIpc) is 2.87. The molecule has 5 aromatic carbocycles. The zero-order chi connectivity index (χ0) is 23.7. The third-order valence-corrected chi connectivity index (χ3v) is 6.77. The van der Waals surface area contributed by atoms with Gasteiger partial charge in [-0.2, -0.15) is 0 Å². The van der Waals surface area contributed by atoms with Crippen LogP contribution >= 0.6 is 0 Å². The van der Waals surface area contributed by atoms with E-state index in [4.69, 9.17) is 0 Å². The molecule has 0 aromatic heterocycles. The summed E-state index contributed by atoms with van der Waals surface area (Å²) in [6, 6.07) is 39.8. The normalized spacial score (nSPS) is 10.9. The summed E-state index contributed by atoms with van der Waals surface area (Å²) in [5, 5.41) is 0. The summed E-state index contributed by atoms with van der Waals surface area (Å²) in [6.07, 6.45) is 0. The number of hydrogen-bond acceptors (Lipinski definition) is 0. The van der Waals surface area contributed by atoms with Gasteiger partial charge >= 0.3 is 0 Å². The third-order valence-electron chi connectivity index (χ3n) is 6.77.